The number of rotatable bonds is 3. The van der Waals surface area contributed by atoms with Crippen LogP contribution in [0.1, 0.15) is 20.8 Å². The minimum Gasteiger partial charge on any atom is -0.388 e. The van der Waals surface area contributed by atoms with E-state index in [1.165, 1.54) is 12.1 Å². The van der Waals surface area contributed by atoms with Gasteiger partial charge in [-0.05, 0) is 23.6 Å². The average molecular weight is 273 g/mol. The Balaban J connectivity index is 3.00. The van der Waals surface area contributed by atoms with Gasteiger partial charge < -0.3 is 10.4 Å². The zero-order valence-corrected chi connectivity index (χ0v) is 11.1. The molecular weight excluding hydrogens is 255 g/mol. The molecule has 0 aliphatic rings. The van der Waals surface area contributed by atoms with Crippen LogP contribution in [0, 0.1) is 5.41 Å². The summed E-state index contributed by atoms with van der Waals surface area (Å²) in [6.45, 7) is 5.01. The number of aliphatic hydroxyl groups excluding tert-OH is 1. The van der Waals surface area contributed by atoms with E-state index in [2.05, 4.69) is 5.32 Å². The first-order valence-corrected chi connectivity index (χ1v) is 5.90. The monoisotopic (exact) mass is 273 g/mol. The fraction of sp³-hybridized carbons (Fsp3) is 0.429. The number of nitrogens with one attached hydrogen (secondary N) is 1. The molecule has 0 spiro atoms. The van der Waals surface area contributed by atoms with Crippen molar-refractivity contribution in [1.82, 2.24) is 0 Å². The number of aliphatic hydroxyl groups is 1. The highest BCUT2D eigenvalue weighted by molar-refractivity contribution is 5.49. The smallest absolute Gasteiger partial charge is 0.388 e. The summed E-state index contributed by atoms with van der Waals surface area (Å²) in [4.78, 5) is 0. The van der Waals surface area contributed by atoms with Gasteiger partial charge in [-0.1, -0.05) is 39.0 Å². The zero-order chi connectivity index (χ0) is 14.7. The third-order valence-corrected chi connectivity index (χ3v) is 2.57. The second-order valence-corrected chi connectivity index (χ2v) is 5.38. The maximum absolute atomic E-state index is 12.9. The summed E-state index contributed by atoms with van der Waals surface area (Å²) in [7, 11) is 0. The van der Waals surface area contributed by atoms with Crippen molar-refractivity contribution >= 4 is 5.69 Å². The van der Waals surface area contributed by atoms with Crippen LogP contribution in [-0.2, 0) is 0 Å². The first kappa shape index (κ1) is 15.6. The molecule has 2 N–H and O–H groups in total. The lowest BCUT2D eigenvalue weighted by Gasteiger charge is -2.25. The molecule has 1 unspecified atom stereocenters. The molecule has 106 valence electrons. The summed E-state index contributed by atoms with van der Waals surface area (Å²) in [6.07, 6.45) is -4.92. The third kappa shape index (κ3) is 4.95. The first-order chi connectivity index (χ1) is 8.60. The fourth-order valence-electron chi connectivity index (χ4n) is 1.29. The largest absolute Gasteiger partial charge is 0.431 e. The molecular formula is C14H18F3NO. The Kier molecular flexibility index (Phi) is 4.63. The van der Waals surface area contributed by atoms with E-state index in [4.69, 9.17) is 0 Å². The summed E-state index contributed by atoms with van der Waals surface area (Å²) in [6, 6.07) is 8.05. The van der Waals surface area contributed by atoms with E-state index in [1.54, 1.807) is 39.0 Å². The number of allylic oxidation sites excluding steroid dienone is 1. The molecule has 0 radical (unpaired) electrons. The van der Waals surface area contributed by atoms with E-state index in [1.807, 2.05) is 0 Å². The highest BCUT2D eigenvalue weighted by Gasteiger charge is 2.35. The number of anilines is 1. The molecule has 2 nitrogen and oxygen atoms in total. The molecule has 0 aromatic heterocycles. The summed E-state index contributed by atoms with van der Waals surface area (Å²) >= 11 is 0. The highest BCUT2D eigenvalue weighted by Crippen LogP contribution is 2.30. The molecule has 0 saturated heterocycles. The lowest BCUT2D eigenvalue weighted by Crippen LogP contribution is -2.28. The number of hydrogen-bond acceptors (Lipinski definition) is 2. The molecule has 1 atom stereocenters. The fourth-order valence-corrected chi connectivity index (χ4v) is 1.29. The minimum absolute atomic E-state index is 0.326. The molecule has 19 heavy (non-hydrogen) atoms. The molecule has 0 amide bonds. The van der Waals surface area contributed by atoms with Gasteiger partial charge in [0.1, 0.15) is 5.70 Å². The molecule has 0 fully saturated rings. The topological polar surface area (TPSA) is 32.3 Å². The number of alkyl halides is 3. The van der Waals surface area contributed by atoms with Crippen molar-refractivity contribution in [2.75, 3.05) is 5.32 Å². The molecule has 1 aromatic carbocycles. The Morgan fingerprint density at radius 1 is 1.16 bits per heavy atom. The molecule has 0 aliphatic heterocycles. The van der Waals surface area contributed by atoms with Gasteiger partial charge in [0.25, 0.3) is 0 Å². The van der Waals surface area contributed by atoms with Gasteiger partial charge in [0.05, 0.1) is 6.10 Å². The minimum atomic E-state index is -4.54. The van der Waals surface area contributed by atoms with Crippen LogP contribution in [0.3, 0.4) is 0 Å². The van der Waals surface area contributed by atoms with Crippen LogP contribution < -0.4 is 5.32 Å². The molecule has 0 aliphatic carbocycles. The van der Waals surface area contributed by atoms with E-state index < -0.39 is 23.4 Å². The average Bonchev–Trinajstić information content (AvgIpc) is 2.27. The van der Waals surface area contributed by atoms with Crippen LogP contribution in [0.25, 0.3) is 0 Å². The third-order valence-electron chi connectivity index (χ3n) is 2.57. The van der Waals surface area contributed by atoms with Gasteiger partial charge in [0, 0.05) is 5.69 Å². The standard InChI is InChI=1S/C14H18F3NO/c1-13(2,3)12(19)9-11(14(15,16)17)18-10-7-5-4-6-8-10/h4-9,12,18-19H,1-3H3/b11-9-. The molecule has 1 aromatic rings. The Morgan fingerprint density at radius 2 is 1.68 bits per heavy atom. The second kappa shape index (κ2) is 5.65. The van der Waals surface area contributed by atoms with Gasteiger partial charge in [-0.15, -0.1) is 0 Å². The van der Waals surface area contributed by atoms with E-state index in [0.717, 1.165) is 6.08 Å². The van der Waals surface area contributed by atoms with Gasteiger partial charge in [0.2, 0.25) is 0 Å². The summed E-state index contributed by atoms with van der Waals surface area (Å²) in [5.74, 6) is 0. The first-order valence-electron chi connectivity index (χ1n) is 5.90. The zero-order valence-electron chi connectivity index (χ0n) is 11.1. The predicted molar refractivity (Wildman–Crippen MR) is 69.7 cm³/mol. The van der Waals surface area contributed by atoms with Crippen molar-refractivity contribution in [1.29, 1.82) is 0 Å². The summed E-state index contributed by atoms with van der Waals surface area (Å²) in [5.41, 5.74) is -1.29. The van der Waals surface area contributed by atoms with Crippen molar-refractivity contribution in [3.8, 4) is 0 Å². The number of benzene rings is 1. The second-order valence-electron chi connectivity index (χ2n) is 5.38. The Morgan fingerprint density at radius 3 is 2.11 bits per heavy atom. The van der Waals surface area contributed by atoms with Crippen molar-refractivity contribution in [2.24, 2.45) is 5.41 Å². The lowest BCUT2D eigenvalue weighted by molar-refractivity contribution is -0.0916. The molecule has 0 saturated carbocycles. The van der Waals surface area contributed by atoms with Gasteiger partial charge in [-0.3, -0.25) is 0 Å². The Bertz CT molecular complexity index is 432. The molecule has 1 rings (SSSR count). The van der Waals surface area contributed by atoms with E-state index in [9.17, 15) is 18.3 Å². The van der Waals surface area contributed by atoms with Gasteiger partial charge in [-0.2, -0.15) is 13.2 Å². The van der Waals surface area contributed by atoms with Crippen LogP contribution >= 0.6 is 0 Å². The van der Waals surface area contributed by atoms with E-state index in [-0.39, 0.29) is 0 Å². The van der Waals surface area contributed by atoms with Crippen molar-refractivity contribution < 1.29 is 18.3 Å². The van der Waals surface area contributed by atoms with Crippen LogP contribution in [-0.4, -0.2) is 17.4 Å². The van der Waals surface area contributed by atoms with Crippen LogP contribution in [0.15, 0.2) is 42.1 Å². The van der Waals surface area contributed by atoms with Crippen molar-refractivity contribution in [3.63, 3.8) is 0 Å². The lowest BCUT2D eigenvalue weighted by atomic mass is 9.88. The SMILES string of the molecule is CC(C)(C)C(O)/C=C(\Nc1ccccc1)C(F)(F)F. The Labute approximate surface area is 111 Å². The maximum Gasteiger partial charge on any atom is 0.431 e. The van der Waals surface area contributed by atoms with Gasteiger partial charge in [0.15, 0.2) is 0 Å². The molecule has 0 heterocycles. The Hall–Kier alpha value is -1.49. The maximum atomic E-state index is 12.9. The molecule has 5 heteroatoms. The number of para-hydroxylation sites is 1. The predicted octanol–water partition coefficient (Wildman–Crippen LogP) is 3.95. The van der Waals surface area contributed by atoms with Gasteiger partial charge in [-0.25, -0.2) is 0 Å². The van der Waals surface area contributed by atoms with Crippen LogP contribution in [0.5, 0.6) is 0 Å². The molecule has 0 bridgehead atoms. The number of hydrogen-bond donors (Lipinski definition) is 2. The van der Waals surface area contributed by atoms with Gasteiger partial charge >= 0.3 is 6.18 Å². The van der Waals surface area contributed by atoms with E-state index in [0.29, 0.717) is 5.69 Å². The quantitative estimate of drug-likeness (QED) is 0.874. The normalized spacial score (nSPS) is 15.2. The number of halogens is 3. The summed E-state index contributed by atoms with van der Waals surface area (Å²) < 4.78 is 38.7. The summed E-state index contributed by atoms with van der Waals surface area (Å²) in [5, 5.41) is 12.1. The van der Waals surface area contributed by atoms with Crippen molar-refractivity contribution in [3.05, 3.63) is 42.1 Å². The van der Waals surface area contributed by atoms with Crippen LogP contribution in [0.4, 0.5) is 18.9 Å². The highest BCUT2D eigenvalue weighted by atomic mass is 19.4. The van der Waals surface area contributed by atoms with E-state index >= 15 is 0 Å². The van der Waals surface area contributed by atoms with Crippen LogP contribution in [0.2, 0.25) is 0 Å². The van der Waals surface area contributed by atoms with Crippen molar-refractivity contribution in [2.45, 2.75) is 33.1 Å².